The van der Waals surface area contributed by atoms with E-state index in [1.165, 1.54) is 25.9 Å². The molecule has 6 nitrogen and oxygen atoms in total. The van der Waals surface area contributed by atoms with E-state index in [0.717, 1.165) is 31.8 Å². The molecule has 2 aliphatic rings. The first-order valence-electron chi connectivity index (χ1n) is 10.1. The third kappa shape index (κ3) is 4.46. The highest BCUT2D eigenvalue weighted by molar-refractivity contribution is 5.78. The molecule has 0 aromatic carbocycles. The molecule has 1 aromatic heterocycles. The third-order valence-corrected chi connectivity index (χ3v) is 6.22. The molecular weight excluding hydrogens is 326 g/mol. The molecule has 0 aliphatic carbocycles. The Morgan fingerprint density at radius 2 is 2.00 bits per heavy atom. The summed E-state index contributed by atoms with van der Waals surface area (Å²) in [5.74, 6) is 1.35. The van der Waals surface area contributed by atoms with Crippen molar-refractivity contribution in [1.82, 2.24) is 24.3 Å². The zero-order valence-electron chi connectivity index (χ0n) is 16.9. The minimum absolute atomic E-state index is 0.136. The van der Waals surface area contributed by atoms with Gasteiger partial charge in [-0.2, -0.15) is 0 Å². The van der Waals surface area contributed by atoms with Crippen LogP contribution in [-0.4, -0.2) is 75.5 Å². The maximum atomic E-state index is 13.0. The first-order chi connectivity index (χ1) is 12.5. The van der Waals surface area contributed by atoms with E-state index in [0.29, 0.717) is 18.6 Å². The number of aryl methyl sites for hydroxylation is 1. The van der Waals surface area contributed by atoms with Crippen LogP contribution >= 0.6 is 0 Å². The Balaban J connectivity index is 1.53. The molecule has 0 spiro atoms. The minimum atomic E-state index is 0.136. The number of carbonyl (C=O) groups excluding carboxylic acids is 1. The van der Waals surface area contributed by atoms with Gasteiger partial charge in [-0.15, -0.1) is 0 Å². The SMILES string of the molecule is CC(C)N1CCC(N2CCC[C@H](C(=O)N(C)Cc3nccn3C)C2)CC1. The number of piperidine rings is 2. The van der Waals surface area contributed by atoms with E-state index in [4.69, 9.17) is 0 Å². The molecule has 0 saturated carbocycles. The van der Waals surface area contributed by atoms with Gasteiger partial charge in [-0.05, 0) is 59.2 Å². The summed E-state index contributed by atoms with van der Waals surface area (Å²) in [6.45, 7) is 9.62. The van der Waals surface area contributed by atoms with E-state index in [-0.39, 0.29) is 11.8 Å². The summed E-state index contributed by atoms with van der Waals surface area (Å²) < 4.78 is 1.99. The Bertz CT molecular complexity index is 591. The van der Waals surface area contributed by atoms with Crippen LogP contribution in [0.3, 0.4) is 0 Å². The number of carbonyl (C=O) groups is 1. The molecular formula is C20H35N5O. The highest BCUT2D eigenvalue weighted by Crippen LogP contribution is 2.25. The predicted molar refractivity (Wildman–Crippen MR) is 104 cm³/mol. The molecule has 2 fully saturated rings. The van der Waals surface area contributed by atoms with Gasteiger partial charge in [-0.1, -0.05) is 0 Å². The summed E-state index contributed by atoms with van der Waals surface area (Å²) in [6, 6.07) is 1.30. The van der Waals surface area contributed by atoms with Crippen LogP contribution in [0.25, 0.3) is 0 Å². The average Bonchev–Trinajstić information content (AvgIpc) is 3.06. The van der Waals surface area contributed by atoms with Gasteiger partial charge < -0.3 is 14.4 Å². The molecule has 1 atom stereocenters. The van der Waals surface area contributed by atoms with Crippen LogP contribution in [-0.2, 0) is 18.4 Å². The van der Waals surface area contributed by atoms with E-state index in [1.807, 2.05) is 29.8 Å². The van der Waals surface area contributed by atoms with Gasteiger partial charge in [0.1, 0.15) is 5.82 Å². The number of aromatic nitrogens is 2. The number of rotatable bonds is 5. The van der Waals surface area contributed by atoms with Gasteiger partial charge >= 0.3 is 0 Å². The number of likely N-dealkylation sites (tertiary alicyclic amines) is 2. The maximum absolute atomic E-state index is 13.0. The summed E-state index contributed by atoms with van der Waals surface area (Å²) in [5.41, 5.74) is 0. The van der Waals surface area contributed by atoms with Crippen LogP contribution in [0.2, 0.25) is 0 Å². The zero-order valence-corrected chi connectivity index (χ0v) is 16.9. The molecule has 0 bridgehead atoms. The summed E-state index contributed by atoms with van der Waals surface area (Å²) in [4.78, 5) is 24.3. The first-order valence-corrected chi connectivity index (χ1v) is 10.1. The average molecular weight is 362 g/mol. The van der Waals surface area contributed by atoms with Crippen LogP contribution < -0.4 is 0 Å². The minimum Gasteiger partial charge on any atom is -0.338 e. The monoisotopic (exact) mass is 361 g/mol. The quantitative estimate of drug-likeness (QED) is 0.804. The van der Waals surface area contributed by atoms with Gasteiger partial charge in [-0.25, -0.2) is 4.98 Å². The van der Waals surface area contributed by atoms with Crippen LogP contribution in [0, 0.1) is 5.92 Å². The Labute approximate surface area is 158 Å². The molecule has 2 saturated heterocycles. The lowest BCUT2D eigenvalue weighted by Gasteiger charge is -2.43. The normalized spacial score (nSPS) is 23.5. The Hall–Kier alpha value is -1.40. The number of nitrogens with zero attached hydrogens (tertiary/aromatic N) is 5. The van der Waals surface area contributed by atoms with Crippen molar-refractivity contribution >= 4 is 5.91 Å². The molecule has 3 heterocycles. The zero-order chi connectivity index (χ0) is 18.7. The molecule has 0 N–H and O–H groups in total. The smallest absolute Gasteiger partial charge is 0.227 e. The van der Waals surface area contributed by atoms with Gasteiger partial charge in [-0.3, -0.25) is 9.69 Å². The summed E-state index contributed by atoms with van der Waals surface area (Å²) in [6.07, 6.45) is 8.35. The summed E-state index contributed by atoms with van der Waals surface area (Å²) >= 11 is 0. The van der Waals surface area contributed by atoms with Crippen LogP contribution in [0.1, 0.15) is 45.4 Å². The van der Waals surface area contributed by atoms with Crippen molar-refractivity contribution in [3.05, 3.63) is 18.2 Å². The van der Waals surface area contributed by atoms with Crippen LogP contribution in [0.4, 0.5) is 0 Å². The number of amides is 1. The predicted octanol–water partition coefficient (Wildman–Crippen LogP) is 1.96. The van der Waals surface area contributed by atoms with E-state index in [1.54, 1.807) is 6.20 Å². The van der Waals surface area contributed by atoms with Crippen molar-refractivity contribution < 1.29 is 4.79 Å². The fraction of sp³-hybridized carbons (Fsp3) is 0.800. The second-order valence-corrected chi connectivity index (χ2v) is 8.34. The summed E-state index contributed by atoms with van der Waals surface area (Å²) in [7, 11) is 3.89. The summed E-state index contributed by atoms with van der Waals surface area (Å²) in [5, 5.41) is 0. The molecule has 6 heteroatoms. The lowest BCUT2D eigenvalue weighted by molar-refractivity contribution is -0.137. The highest BCUT2D eigenvalue weighted by Gasteiger charge is 2.33. The number of hydrogen-bond acceptors (Lipinski definition) is 4. The van der Waals surface area contributed by atoms with Gasteiger partial charge in [0.2, 0.25) is 5.91 Å². The maximum Gasteiger partial charge on any atom is 0.227 e. The highest BCUT2D eigenvalue weighted by atomic mass is 16.2. The topological polar surface area (TPSA) is 44.6 Å². The lowest BCUT2D eigenvalue weighted by Crippen LogP contribution is -2.51. The largest absolute Gasteiger partial charge is 0.338 e. The Morgan fingerprint density at radius 1 is 1.27 bits per heavy atom. The number of imidazole rings is 1. The van der Waals surface area contributed by atoms with Gasteiger partial charge in [0, 0.05) is 45.1 Å². The fourth-order valence-electron chi connectivity index (χ4n) is 4.46. The van der Waals surface area contributed by atoms with Crippen molar-refractivity contribution in [2.45, 2.75) is 58.2 Å². The van der Waals surface area contributed by atoms with E-state index in [9.17, 15) is 4.79 Å². The van der Waals surface area contributed by atoms with Crippen molar-refractivity contribution in [3.8, 4) is 0 Å². The molecule has 1 aromatic rings. The standard InChI is InChI=1S/C20H35N5O/c1-16(2)24-11-7-18(8-12-24)25-10-5-6-17(14-25)20(26)23(4)15-19-21-9-13-22(19)3/h9,13,16-18H,5-8,10-12,14-15H2,1-4H3/t17-/m0/s1. The van der Waals surface area contributed by atoms with E-state index >= 15 is 0 Å². The van der Waals surface area contributed by atoms with Crippen LogP contribution in [0.15, 0.2) is 12.4 Å². The molecule has 3 rings (SSSR count). The molecule has 146 valence electrons. The van der Waals surface area contributed by atoms with Gasteiger partial charge in [0.05, 0.1) is 12.5 Å². The van der Waals surface area contributed by atoms with Gasteiger partial charge in [0.15, 0.2) is 0 Å². The molecule has 0 radical (unpaired) electrons. The van der Waals surface area contributed by atoms with E-state index < -0.39 is 0 Å². The number of hydrogen-bond donors (Lipinski definition) is 0. The second kappa shape index (κ2) is 8.53. The molecule has 0 unspecified atom stereocenters. The molecule has 26 heavy (non-hydrogen) atoms. The van der Waals surface area contributed by atoms with Crippen molar-refractivity contribution in [1.29, 1.82) is 0 Å². The Morgan fingerprint density at radius 3 is 2.62 bits per heavy atom. The second-order valence-electron chi connectivity index (χ2n) is 8.34. The first kappa shape index (κ1) is 19.4. The third-order valence-electron chi connectivity index (χ3n) is 6.22. The van der Waals surface area contributed by atoms with E-state index in [2.05, 4.69) is 28.6 Å². The fourth-order valence-corrected chi connectivity index (χ4v) is 4.46. The van der Waals surface area contributed by atoms with Crippen molar-refractivity contribution in [3.63, 3.8) is 0 Å². The Kier molecular flexibility index (Phi) is 6.35. The van der Waals surface area contributed by atoms with Gasteiger partial charge in [0.25, 0.3) is 0 Å². The molecule has 2 aliphatic heterocycles. The lowest BCUT2D eigenvalue weighted by atomic mass is 9.92. The van der Waals surface area contributed by atoms with Crippen molar-refractivity contribution in [2.24, 2.45) is 13.0 Å². The van der Waals surface area contributed by atoms with Crippen molar-refractivity contribution in [2.75, 3.05) is 33.2 Å². The van der Waals surface area contributed by atoms with Crippen LogP contribution in [0.5, 0.6) is 0 Å². The molecule has 1 amide bonds.